The van der Waals surface area contributed by atoms with Crippen LogP contribution in [0.2, 0.25) is 0 Å². The summed E-state index contributed by atoms with van der Waals surface area (Å²) in [6.07, 6.45) is 11.2. The van der Waals surface area contributed by atoms with E-state index >= 15 is 0 Å². The van der Waals surface area contributed by atoms with Crippen molar-refractivity contribution in [1.29, 1.82) is 0 Å². The Labute approximate surface area is 210 Å². The van der Waals surface area contributed by atoms with Gasteiger partial charge in [-0.1, -0.05) is 35.5 Å². The van der Waals surface area contributed by atoms with Gasteiger partial charge in [0.15, 0.2) is 0 Å². The van der Waals surface area contributed by atoms with Crippen LogP contribution in [0.25, 0.3) is 33.7 Å². The highest BCUT2D eigenvalue weighted by Gasteiger charge is 2.41. The number of aliphatic hydroxyl groups excluding tert-OH is 1. The summed E-state index contributed by atoms with van der Waals surface area (Å²) in [6.45, 7) is 5.07. The van der Waals surface area contributed by atoms with E-state index in [1.165, 1.54) is 27.7 Å². The van der Waals surface area contributed by atoms with Crippen molar-refractivity contribution in [2.45, 2.75) is 51.3 Å². The first kappa shape index (κ1) is 21.6. The van der Waals surface area contributed by atoms with Gasteiger partial charge >= 0.3 is 0 Å². The number of likely N-dealkylation sites (tertiary alicyclic amines) is 1. The number of benzene rings is 2. The van der Waals surface area contributed by atoms with Crippen LogP contribution in [0, 0.1) is 5.92 Å². The zero-order valence-electron chi connectivity index (χ0n) is 20.6. The van der Waals surface area contributed by atoms with Crippen LogP contribution in [0.5, 0.6) is 0 Å². The number of hydrogen-bond donors (Lipinski definition) is 1. The Bertz CT molecular complexity index is 1520. The van der Waals surface area contributed by atoms with Crippen LogP contribution < -0.4 is 0 Å². The van der Waals surface area contributed by atoms with Crippen molar-refractivity contribution in [1.82, 2.24) is 19.6 Å². The SMILES string of the molecule is CC(C)n1ccc2cc(-c3nc(-c4cccc5c4CCC5N4CC(O)C5CC=CC=C54)no3)ccc21. The van der Waals surface area contributed by atoms with Crippen molar-refractivity contribution < 1.29 is 9.63 Å². The lowest BCUT2D eigenvalue weighted by Crippen LogP contribution is -2.25. The molecule has 1 N–H and O–H groups in total. The van der Waals surface area contributed by atoms with Gasteiger partial charge in [0.25, 0.3) is 5.89 Å². The summed E-state index contributed by atoms with van der Waals surface area (Å²) in [7, 11) is 0. The van der Waals surface area contributed by atoms with Gasteiger partial charge in [-0.05, 0) is 74.6 Å². The number of β-amino-alcohol motifs (C(OH)–C–C–N with tert-alkyl or cyclic N) is 1. The molecular formula is C30H30N4O2. The van der Waals surface area contributed by atoms with Gasteiger partial charge in [0.2, 0.25) is 5.82 Å². The summed E-state index contributed by atoms with van der Waals surface area (Å²) in [5.41, 5.74) is 7.08. The molecule has 3 heterocycles. The van der Waals surface area contributed by atoms with Crippen LogP contribution >= 0.6 is 0 Å². The van der Waals surface area contributed by atoms with Crippen molar-refractivity contribution >= 4 is 10.9 Å². The second kappa shape index (κ2) is 8.20. The molecule has 182 valence electrons. The lowest BCUT2D eigenvalue weighted by Gasteiger charge is -2.30. The molecule has 6 nitrogen and oxygen atoms in total. The Hall–Kier alpha value is -3.64. The molecule has 2 aromatic carbocycles. The highest BCUT2D eigenvalue weighted by atomic mass is 16.5. The van der Waals surface area contributed by atoms with Gasteiger partial charge in [0.1, 0.15) is 0 Å². The first-order valence-electron chi connectivity index (χ1n) is 13.0. The lowest BCUT2D eigenvalue weighted by atomic mass is 9.94. The normalized spacial score (nSPS) is 22.9. The number of aliphatic hydroxyl groups is 1. The molecule has 1 fully saturated rings. The molecule has 3 atom stereocenters. The highest BCUT2D eigenvalue weighted by Crippen LogP contribution is 2.46. The largest absolute Gasteiger partial charge is 0.391 e. The minimum Gasteiger partial charge on any atom is -0.391 e. The maximum atomic E-state index is 10.7. The third-order valence-corrected chi connectivity index (χ3v) is 8.16. The van der Waals surface area contributed by atoms with Crippen LogP contribution in [0.15, 0.2) is 77.1 Å². The van der Waals surface area contributed by atoms with Crippen LogP contribution in [0.3, 0.4) is 0 Å². The molecule has 1 aliphatic heterocycles. The first-order chi connectivity index (χ1) is 17.6. The maximum absolute atomic E-state index is 10.7. The van der Waals surface area contributed by atoms with Gasteiger partial charge in [0, 0.05) is 52.4 Å². The molecule has 36 heavy (non-hydrogen) atoms. The minimum atomic E-state index is -0.303. The van der Waals surface area contributed by atoms with Gasteiger partial charge in [-0.15, -0.1) is 0 Å². The van der Waals surface area contributed by atoms with E-state index in [-0.39, 0.29) is 18.1 Å². The predicted octanol–water partition coefficient (Wildman–Crippen LogP) is 6.06. The molecule has 4 aromatic rings. The number of fused-ring (bicyclic) bond motifs is 3. The highest BCUT2D eigenvalue weighted by molar-refractivity contribution is 5.84. The van der Waals surface area contributed by atoms with Gasteiger partial charge in [-0.3, -0.25) is 0 Å². The van der Waals surface area contributed by atoms with E-state index in [0.29, 0.717) is 24.3 Å². The van der Waals surface area contributed by atoms with E-state index in [1.807, 2.05) is 0 Å². The molecule has 0 spiro atoms. The third-order valence-electron chi connectivity index (χ3n) is 8.16. The minimum absolute atomic E-state index is 0.219. The predicted molar refractivity (Wildman–Crippen MR) is 140 cm³/mol. The Morgan fingerprint density at radius 1 is 1.14 bits per heavy atom. The molecule has 0 bridgehead atoms. The second-order valence-corrected chi connectivity index (χ2v) is 10.5. The van der Waals surface area contributed by atoms with Gasteiger partial charge in [0.05, 0.1) is 12.1 Å². The third kappa shape index (κ3) is 3.28. The Kier molecular flexibility index (Phi) is 4.93. The molecule has 0 radical (unpaired) electrons. The second-order valence-electron chi connectivity index (χ2n) is 10.5. The summed E-state index contributed by atoms with van der Waals surface area (Å²) < 4.78 is 8.02. The van der Waals surface area contributed by atoms with Crippen LogP contribution in [0.1, 0.15) is 49.9 Å². The van der Waals surface area contributed by atoms with Crippen molar-refractivity contribution in [3.8, 4) is 22.8 Å². The fraction of sp³-hybridized carbons (Fsp3) is 0.333. The molecule has 3 unspecified atom stereocenters. The number of allylic oxidation sites excluding steroid dienone is 3. The van der Waals surface area contributed by atoms with Crippen LogP contribution in [0.4, 0.5) is 0 Å². The van der Waals surface area contributed by atoms with Gasteiger partial charge in [-0.25, -0.2) is 0 Å². The summed E-state index contributed by atoms with van der Waals surface area (Å²) in [4.78, 5) is 7.24. The molecule has 0 saturated carbocycles. The average molecular weight is 479 g/mol. The van der Waals surface area contributed by atoms with E-state index in [2.05, 4.69) is 95.4 Å². The van der Waals surface area contributed by atoms with E-state index < -0.39 is 0 Å². The van der Waals surface area contributed by atoms with Crippen molar-refractivity contribution in [2.75, 3.05) is 6.54 Å². The zero-order chi connectivity index (χ0) is 24.4. The molecule has 1 saturated heterocycles. The summed E-state index contributed by atoms with van der Waals surface area (Å²) in [6, 6.07) is 15.6. The van der Waals surface area contributed by atoms with E-state index in [0.717, 1.165) is 30.4 Å². The van der Waals surface area contributed by atoms with Crippen molar-refractivity contribution in [3.63, 3.8) is 0 Å². The van der Waals surface area contributed by atoms with E-state index in [1.54, 1.807) is 0 Å². The molecule has 7 rings (SSSR count). The van der Waals surface area contributed by atoms with Crippen molar-refractivity contribution in [2.24, 2.45) is 5.92 Å². The zero-order valence-corrected chi connectivity index (χ0v) is 20.6. The van der Waals surface area contributed by atoms with E-state index in [9.17, 15) is 5.11 Å². The fourth-order valence-corrected chi connectivity index (χ4v) is 6.40. The number of aromatic nitrogens is 3. The van der Waals surface area contributed by atoms with Crippen LogP contribution in [-0.4, -0.2) is 37.4 Å². The van der Waals surface area contributed by atoms with Crippen LogP contribution in [-0.2, 0) is 6.42 Å². The van der Waals surface area contributed by atoms with Crippen molar-refractivity contribution in [3.05, 3.63) is 83.7 Å². The molecule has 0 amide bonds. The van der Waals surface area contributed by atoms with Gasteiger partial charge < -0.3 is 19.1 Å². The Balaban J connectivity index is 1.21. The quantitative estimate of drug-likeness (QED) is 0.386. The topological polar surface area (TPSA) is 67.3 Å². The standard InChI is InChI=1S/C30H30N4O2/c1-18(2)33-15-14-19-16-20(10-12-25(19)33)30-31-29(32-36-30)23-8-5-7-22-21(23)11-13-27(22)34-17-28(35)24-6-3-4-9-26(24)34/h3-5,7-10,12,14-16,18,24,27-28,35H,6,11,13,17H2,1-2H3. The Morgan fingerprint density at radius 2 is 2.06 bits per heavy atom. The summed E-state index contributed by atoms with van der Waals surface area (Å²) in [5.74, 6) is 1.40. The maximum Gasteiger partial charge on any atom is 0.258 e. The summed E-state index contributed by atoms with van der Waals surface area (Å²) >= 11 is 0. The monoisotopic (exact) mass is 478 g/mol. The van der Waals surface area contributed by atoms with E-state index in [4.69, 9.17) is 9.51 Å². The molecular weight excluding hydrogens is 448 g/mol. The number of rotatable bonds is 4. The molecule has 2 aromatic heterocycles. The lowest BCUT2D eigenvalue weighted by molar-refractivity contribution is 0.136. The smallest absolute Gasteiger partial charge is 0.258 e. The van der Waals surface area contributed by atoms with Gasteiger partial charge in [-0.2, -0.15) is 4.98 Å². The number of hydrogen-bond acceptors (Lipinski definition) is 5. The number of nitrogens with zero attached hydrogens (tertiary/aromatic N) is 4. The summed E-state index contributed by atoms with van der Waals surface area (Å²) in [5, 5.41) is 16.2. The molecule has 2 aliphatic carbocycles. The Morgan fingerprint density at radius 3 is 2.94 bits per heavy atom. The molecule has 3 aliphatic rings. The average Bonchev–Trinajstić information content (AvgIpc) is 3.68. The molecule has 6 heteroatoms. The fourth-order valence-electron chi connectivity index (χ4n) is 6.40. The first-order valence-corrected chi connectivity index (χ1v) is 13.0.